The quantitative estimate of drug-likeness (QED) is 0.776. The van der Waals surface area contributed by atoms with E-state index in [1.54, 1.807) is 0 Å². The molecule has 2 aliphatic rings. The molecule has 0 bridgehead atoms. The molecule has 0 spiro atoms. The van der Waals surface area contributed by atoms with Gasteiger partial charge in [-0.05, 0) is 43.8 Å². The SMILES string of the molecule is c1ccc(C2CCN([C@@H]3CCOC3)CC2)cc1. The van der Waals surface area contributed by atoms with Crippen molar-refractivity contribution in [2.24, 2.45) is 0 Å². The molecule has 0 saturated carbocycles. The molecule has 2 heteroatoms. The molecule has 0 unspecified atom stereocenters. The molecule has 0 aromatic heterocycles. The lowest BCUT2D eigenvalue weighted by Gasteiger charge is -2.35. The number of nitrogens with zero attached hydrogens (tertiary/aromatic N) is 1. The Bertz CT molecular complexity index is 337. The third-order valence-electron chi connectivity index (χ3n) is 4.22. The summed E-state index contributed by atoms with van der Waals surface area (Å²) in [5.41, 5.74) is 1.52. The second-order valence-corrected chi connectivity index (χ2v) is 5.24. The van der Waals surface area contributed by atoms with E-state index < -0.39 is 0 Å². The van der Waals surface area contributed by atoms with E-state index in [-0.39, 0.29) is 0 Å². The van der Waals surface area contributed by atoms with Gasteiger partial charge in [-0.1, -0.05) is 30.3 Å². The minimum absolute atomic E-state index is 0.701. The molecule has 3 rings (SSSR count). The topological polar surface area (TPSA) is 12.5 Å². The Balaban J connectivity index is 1.57. The van der Waals surface area contributed by atoms with Crippen molar-refractivity contribution in [3.8, 4) is 0 Å². The predicted molar refractivity (Wildman–Crippen MR) is 69.2 cm³/mol. The lowest BCUT2D eigenvalue weighted by molar-refractivity contribution is 0.122. The Hall–Kier alpha value is -0.860. The van der Waals surface area contributed by atoms with Crippen molar-refractivity contribution in [2.75, 3.05) is 26.3 Å². The number of hydrogen-bond donors (Lipinski definition) is 0. The van der Waals surface area contributed by atoms with Crippen LogP contribution in [0.4, 0.5) is 0 Å². The van der Waals surface area contributed by atoms with Crippen molar-refractivity contribution >= 4 is 0 Å². The fourth-order valence-electron chi connectivity index (χ4n) is 3.13. The summed E-state index contributed by atoms with van der Waals surface area (Å²) in [6, 6.07) is 11.7. The van der Waals surface area contributed by atoms with Crippen molar-refractivity contribution in [2.45, 2.75) is 31.2 Å². The maximum absolute atomic E-state index is 5.48. The van der Waals surface area contributed by atoms with Crippen molar-refractivity contribution in [1.82, 2.24) is 4.90 Å². The molecule has 2 nitrogen and oxygen atoms in total. The Morgan fingerprint density at radius 2 is 1.76 bits per heavy atom. The van der Waals surface area contributed by atoms with E-state index in [0.717, 1.165) is 19.1 Å². The zero-order valence-corrected chi connectivity index (χ0v) is 10.3. The van der Waals surface area contributed by atoms with Crippen LogP contribution in [0.15, 0.2) is 30.3 Å². The van der Waals surface area contributed by atoms with Gasteiger partial charge in [0.05, 0.1) is 6.61 Å². The van der Waals surface area contributed by atoms with Crippen molar-refractivity contribution in [3.05, 3.63) is 35.9 Å². The Morgan fingerprint density at radius 1 is 1.00 bits per heavy atom. The summed E-state index contributed by atoms with van der Waals surface area (Å²) in [6.45, 7) is 4.40. The molecule has 0 N–H and O–H groups in total. The molecule has 1 aromatic carbocycles. The van der Waals surface area contributed by atoms with E-state index in [1.165, 1.54) is 37.9 Å². The lowest BCUT2D eigenvalue weighted by atomic mass is 9.89. The molecular weight excluding hydrogens is 210 g/mol. The predicted octanol–water partition coefficient (Wildman–Crippen LogP) is 2.65. The first kappa shape index (κ1) is 11.2. The number of likely N-dealkylation sites (tertiary alicyclic amines) is 1. The number of ether oxygens (including phenoxy) is 1. The number of benzene rings is 1. The molecule has 92 valence electrons. The molecule has 1 aromatic rings. The van der Waals surface area contributed by atoms with Crippen LogP contribution in [-0.2, 0) is 4.74 Å². The number of piperidine rings is 1. The summed E-state index contributed by atoms with van der Waals surface area (Å²) in [5, 5.41) is 0. The standard InChI is InChI=1S/C15H21NO/c1-2-4-13(5-3-1)14-6-9-16(10-7-14)15-8-11-17-12-15/h1-5,14-15H,6-12H2/t15-/m1/s1. The monoisotopic (exact) mass is 231 g/mol. The van der Waals surface area contributed by atoms with Crippen LogP contribution in [0, 0.1) is 0 Å². The second-order valence-electron chi connectivity index (χ2n) is 5.24. The van der Waals surface area contributed by atoms with Crippen LogP contribution in [0.5, 0.6) is 0 Å². The molecule has 2 fully saturated rings. The van der Waals surface area contributed by atoms with Gasteiger partial charge in [0.25, 0.3) is 0 Å². The smallest absolute Gasteiger partial charge is 0.0622 e. The van der Waals surface area contributed by atoms with Gasteiger partial charge in [0.2, 0.25) is 0 Å². The highest BCUT2D eigenvalue weighted by atomic mass is 16.5. The minimum Gasteiger partial charge on any atom is -0.380 e. The lowest BCUT2D eigenvalue weighted by Crippen LogP contribution is -2.41. The van der Waals surface area contributed by atoms with Crippen molar-refractivity contribution in [1.29, 1.82) is 0 Å². The van der Waals surface area contributed by atoms with E-state index in [1.807, 2.05) is 0 Å². The van der Waals surface area contributed by atoms with Gasteiger partial charge in [-0.25, -0.2) is 0 Å². The first-order valence-electron chi connectivity index (χ1n) is 6.80. The summed E-state index contributed by atoms with van der Waals surface area (Å²) >= 11 is 0. The van der Waals surface area contributed by atoms with Gasteiger partial charge in [0.15, 0.2) is 0 Å². The fourth-order valence-corrected chi connectivity index (χ4v) is 3.13. The van der Waals surface area contributed by atoms with Gasteiger partial charge in [0, 0.05) is 12.6 Å². The normalized spacial score (nSPS) is 27.4. The van der Waals surface area contributed by atoms with Crippen LogP contribution in [0.1, 0.15) is 30.7 Å². The van der Waals surface area contributed by atoms with Gasteiger partial charge in [-0.3, -0.25) is 4.90 Å². The van der Waals surface area contributed by atoms with Crippen LogP contribution in [0.2, 0.25) is 0 Å². The highest BCUT2D eigenvalue weighted by Crippen LogP contribution is 2.29. The van der Waals surface area contributed by atoms with Crippen molar-refractivity contribution < 1.29 is 4.74 Å². The fraction of sp³-hybridized carbons (Fsp3) is 0.600. The van der Waals surface area contributed by atoms with Crippen LogP contribution in [0.3, 0.4) is 0 Å². The van der Waals surface area contributed by atoms with Gasteiger partial charge >= 0.3 is 0 Å². The summed E-state index contributed by atoms with van der Waals surface area (Å²) < 4.78 is 5.48. The maximum atomic E-state index is 5.48. The zero-order valence-electron chi connectivity index (χ0n) is 10.3. The summed E-state index contributed by atoms with van der Waals surface area (Å²) in [4.78, 5) is 2.63. The van der Waals surface area contributed by atoms with Crippen molar-refractivity contribution in [3.63, 3.8) is 0 Å². The van der Waals surface area contributed by atoms with Crippen LogP contribution in [0.25, 0.3) is 0 Å². The van der Waals surface area contributed by atoms with Crippen LogP contribution >= 0.6 is 0 Å². The third-order valence-corrected chi connectivity index (χ3v) is 4.22. The van der Waals surface area contributed by atoms with E-state index in [0.29, 0.717) is 6.04 Å². The molecule has 0 aliphatic carbocycles. The largest absolute Gasteiger partial charge is 0.380 e. The highest BCUT2D eigenvalue weighted by molar-refractivity contribution is 5.20. The molecule has 2 aliphatic heterocycles. The molecule has 0 radical (unpaired) electrons. The minimum atomic E-state index is 0.701. The molecular formula is C15H21NO. The van der Waals surface area contributed by atoms with E-state index in [2.05, 4.69) is 35.2 Å². The third kappa shape index (κ3) is 2.53. The molecule has 0 amide bonds. The summed E-state index contributed by atoms with van der Waals surface area (Å²) in [5.74, 6) is 0.773. The first-order chi connectivity index (χ1) is 8.43. The van der Waals surface area contributed by atoms with E-state index >= 15 is 0 Å². The Morgan fingerprint density at radius 3 is 2.41 bits per heavy atom. The van der Waals surface area contributed by atoms with E-state index in [4.69, 9.17) is 4.74 Å². The highest BCUT2D eigenvalue weighted by Gasteiger charge is 2.27. The Labute approximate surface area is 104 Å². The molecule has 17 heavy (non-hydrogen) atoms. The number of rotatable bonds is 2. The second kappa shape index (κ2) is 5.19. The van der Waals surface area contributed by atoms with E-state index in [9.17, 15) is 0 Å². The molecule has 2 saturated heterocycles. The Kier molecular flexibility index (Phi) is 3.44. The van der Waals surface area contributed by atoms with Gasteiger partial charge in [-0.2, -0.15) is 0 Å². The molecule has 1 atom stereocenters. The molecule has 2 heterocycles. The zero-order chi connectivity index (χ0) is 11.5. The number of hydrogen-bond acceptors (Lipinski definition) is 2. The summed E-state index contributed by atoms with van der Waals surface area (Å²) in [6.07, 6.45) is 3.84. The summed E-state index contributed by atoms with van der Waals surface area (Å²) in [7, 11) is 0. The van der Waals surface area contributed by atoms with Gasteiger partial charge < -0.3 is 4.74 Å². The average Bonchev–Trinajstić information content (AvgIpc) is 2.94. The van der Waals surface area contributed by atoms with Gasteiger partial charge in [-0.15, -0.1) is 0 Å². The first-order valence-corrected chi connectivity index (χ1v) is 6.80. The van der Waals surface area contributed by atoms with Crippen LogP contribution < -0.4 is 0 Å². The van der Waals surface area contributed by atoms with Crippen LogP contribution in [-0.4, -0.2) is 37.2 Å². The van der Waals surface area contributed by atoms with Gasteiger partial charge in [0.1, 0.15) is 0 Å². The average molecular weight is 231 g/mol. The maximum Gasteiger partial charge on any atom is 0.0622 e.